The van der Waals surface area contributed by atoms with E-state index in [1.807, 2.05) is 6.26 Å². The molecule has 0 radical (unpaired) electrons. The first-order valence-corrected chi connectivity index (χ1v) is 6.44. The maximum Gasteiger partial charge on any atom is 0.333 e. The molecule has 0 saturated heterocycles. The number of ether oxygens (including phenoxy) is 2. The smallest absolute Gasteiger partial charge is 0.333 e. The summed E-state index contributed by atoms with van der Waals surface area (Å²) in [6, 6.07) is 0. The molecule has 0 heterocycles. The average Bonchev–Trinajstić information content (AvgIpc) is 2.24. The molecular formula is C11H18O4S. The third kappa shape index (κ3) is 8.35. The zero-order valence-electron chi connectivity index (χ0n) is 9.78. The first-order valence-electron chi connectivity index (χ1n) is 5.05. The summed E-state index contributed by atoms with van der Waals surface area (Å²) in [5.41, 5.74) is 0.363. The highest BCUT2D eigenvalue weighted by Crippen LogP contribution is 1.98. The minimum atomic E-state index is -0.421. The molecule has 0 spiro atoms. The average molecular weight is 246 g/mol. The van der Waals surface area contributed by atoms with Crippen LogP contribution in [0.25, 0.3) is 0 Å². The van der Waals surface area contributed by atoms with Crippen LogP contribution in [0.15, 0.2) is 12.2 Å². The van der Waals surface area contributed by atoms with Crippen molar-refractivity contribution in [3.8, 4) is 0 Å². The van der Waals surface area contributed by atoms with Crippen LogP contribution in [0, 0.1) is 0 Å². The summed E-state index contributed by atoms with van der Waals surface area (Å²) >= 11 is 1.62. The number of esters is 2. The second-order valence-corrected chi connectivity index (χ2v) is 4.22. The van der Waals surface area contributed by atoms with Crippen molar-refractivity contribution >= 4 is 23.7 Å². The van der Waals surface area contributed by atoms with Gasteiger partial charge in [0.2, 0.25) is 0 Å². The van der Waals surface area contributed by atoms with Crippen LogP contribution in [-0.4, -0.2) is 37.2 Å². The fourth-order valence-corrected chi connectivity index (χ4v) is 1.07. The van der Waals surface area contributed by atoms with Crippen molar-refractivity contribution in [3.63, 3.8) is 0 Å². The maximum atomic E-state index is 11.1. The first kappa shape index (κ1) is 15.0. The van der Waals surface area contributed by atoms with Gasteiger partial charge in [0, 0.05) is 17.7 Å². The molecular weight excluding hydrogens is 228 g/mol. The molecule has 0 fully saturated rings. The molecule has 0 aromatic rings. The van der Waals surface area contributed by atoms with Gasteiger partial charge in [0.25, 0.3) is 0 Å². The van der Waals surface area contributed by atoms with Gasteiger partial charge >= 0.3 is 11.9 Å². The predicted octanol–water partition coefficient (Wildman–Crippen LogP) is 1.79. The van der Waals surface area contributed by atoms with Gasteiger partial charge < -0.3 is 9.47 Å². The van der Waals surface area contributed by atoms with Crippen LogP contribution in [0.3, 0.4) is 0 Å². The summed E-state index contributed by atoms with van der Waals surface area (Å²) in [7, 11) is 0. The number of rotatable bonds is 8. The van der Waals surface area contributed by atoms with Gasteiger partial charge in [-0.05, 0) is 19.6 Å². The van der Waals surface area contributed by atoms with Crippen LogP contribution < -0.4 is 0 Å². The van der Waals surface area contributed by atoms with E-state index >= 15 is 0 Å². The molecule has 0 bridgehead atoms. The lowest BCUT2D eigenvalue weighted by Crippen LogP contribution is -2.10. The molecule has 0 atom stereocenters. The molecule has 0 unspecified atom stereocenters. The molecule has 0 aliphatic carbocycles. The molecule has 0 N–H and O–H groups in total. The van der Waals surface area contributed by atoms with Gasteiger partial charge in [0.15, 0.2) is 0 Å². The lowest BCUT2D eigenvalue weighted by molar-refractivity contribution is -0.145. The van der Waals surface area contributed by atoms with E-state index in [0.29, 0.717) is 18.6 Å². The molecule has 0 aliphatic rings. The lowest BCUT2D eigenvalue weighted by Gasteiger charge is -2.05. The SMILES string of the molecule is C=C(C)C(=O)OCCCC(=O)OCCSC. The summed E-state index contributed by atoms with van der Waals surface area (Å²) in [6.45, 7) is 5.69. The highest BCUT2D eigenvalue weighted by molar-refractivity contribution is 7.98. The number of carbonyl (C=O) groups is 2. The van der Waals surface area contributed by atoms with E-state index in [0.717, 1.165) is 5.75 Å². The van der Waals surface area contributed by atoms with Gasteiger partial charge in [-0.25, -0.2) is 4.79 Å². The molecule has 0 aliphatic heterocycles. The Kier molecular flexibility index (Phi) is 8.71. The fourth-order valence-electron chi connectivity index (χ4n) is 0.816. The molecule has 0 saturated carbocycles. The van der Waals surface area contributed by atoms with E-state index in [2.05, 4.69) is 6.58 Å². The van der Waals surface area contributed by atoms with Gasteiger partial charge in [-0.15, -0.1) is 0 Å². The van der Waals surface area contributed by atoms with Crippen molar-refractivity contribution in [2.24, 2.45) is 0 Å². The number of thioether (sulfide) groups is 1. The van der Waals surface area contributed by atoms with Gasteiger partial charge in [0.1, 0.15) is 6.61 Å². The van der Waals surface area contributed by atoms with E-state index in [1.54, 1.807) is 18.7 Å². The summed E-state index contributed by atoms with van der Waals surface area (Å²) in [5, 5.41) is 0. The Bertz CT molecular complexity index is 250. The van der Waals surface area contributed by atoms with Crippen molar-refractivity contribution in [1.29, 1.82) is 0 Å². The zero-order valence-corrected chi connectivity index (χ0v) is 10.6. The summed E-state index contributed by atoms with van der Waals surface area (Å²) in [4.78, 5) is 22.1. The molecule has 0 rings (SSSR count). The molecule has 5 heteroatoms. The molecule has 0 amide bonds. The third-order valence-corrected chi connectivity index (χ3v) is 2.23. The van der Waals surface area contributed by atoms with E-state index in [4.69, 9.17) is 9.47 Å². The molecule has 16 heavy (non-hydrogen) atoms. The Hall–Kier alpha value is -0.970. The largest absolute Gasteiger partial charge is 0.465 e. The van der Waals surface area contributed by atoms with Crippen LogP contribution >= 0.6 is 11.8 Å². The van der Waals surface area contributed by atoms with E-state index in [1.165, 1.54) is 0 Å². The van der Waals surface area contributed by atoms with Gasteiger partial charge in [0.05, 0.1) is 6.61 Å². The summed E-state index contributed by atoms with van der Waals surface area (Å²) in [5.74, 6) is 0.132. The topological polar surface area (TPSA) is 52.6 Å². The second kappa shape index (κ2) is 9.27. The minimum Gasteiger partial charge on any atom is -0.465 e. The highest BCUT2D eigenvalue weighted by atomic mass is 32.2. The predicted molar refractivity (Wildman–Crippen MR) is 64.3 cm³/mol. The molecule has 0 aromatic carbocycles. The van der Waals surface area contributed by atoms with Crippen LogP contribution in [0.5, 0.6) is 0 Å². The first-order chi connectivity index (χ1) is 7.57. The van der Waals surface area contributed by atoms with Gasteiger partial charge in [-0.2, -0.15) is 11.8 Å². The Balaban J connectivity index is 3.41. The van der Waals surface area contributed by atoms with Gasteiger partial charge in [-0.1, -0.05) is 6.58 Å². The van der Waals surface area contributed by atoms with Crippen LogP contribution in [0.4, 0.5) is 0 Å². The minimum absolute atomic E-state index is 0.226. The Labute approximate surface area is 100 Å². The number of carbonyl (C=O) groups excluding carboxylic acids is 2. The Morgan fingerprint density at radius 2 is 1.94 bits per heavy atom. The second-order valence-electron chi connectivity index (χ2n) is 3.23. The fraction of sp³-hybridized carbons (Fsp3) is 0.636. The molecule has 92 valence electrons. The third-order valence-electron chi connectivity index (χ3n) is 1.66. The van der Waals surface area contributed by atoms with Crippen LogP contribution in [0.2, 0.25) is 0 Å². The maximum absolute atomic E-state index is 11.1. The van der Waals surface area contributed by atoms with Crippen molar-refractivity contribution in [2.75, 3.05) is 25.2 Å². The van der Waals surface area contributed by atoms with E-state index in [-0.39, 0.29) is 19.0 Å². The number of hydrogen-bond donors (Lipinski definition) is 0. The van der Waals surface area contributed by atoms with Crippen molar-refractivity contribution in [1.82, 2.24) is 0 Å². The summed E-state index contributed by atoms with van der Waals surface area (Å²) < 4.78 is 9.75. The van der Waals surface area contributed by atoms with Crippen molar-refractivity contribution in [2.45, 2.75) is 19.8 Å². The quantitative estimate of drug-likeness (QED) is 0.371. The monoisotopic (exact) mass is 246 g/mol. The standard InChI is InChI=1S/C11H18O4S/c1-9(2)11(13)15-6-4-5-10(12)14-7-8-16-3/h1,4-8H2,2-3H3. The normalized spacial score (nSPS) is 9.62. The van der Waals surface area contributed by atoms with Gasteiger partial charge in [-0.3, -0.25) is 4.79 Å². The Morgan fingerprint density at radius 1 is 1.25 bits per heavy atom. The lowest BCUT2D eigenvalue weighted by atomic mass is 10.3. The summed E-state index contributed by atoms with van der Waals surface area (Å²) in [6.07, 6.45) is 2.71. The van der Waals surface area contributed by atoms with Crippen LogP contribution in [0.1, 0.15) is 19.8 Å². The number of hydrogen-bond acceptors (Lipinski definition) is 5. The molecule has 4 nitrogen and oxygen atoms in total. The Morgan fingerprint density at radius 3 is 2.50 bits per heavy atom. The van der Waals surface area contributed by atoms with Crippen LogP contribution in [-0.2, 0) is 19.1 Å². The zero-order chi connectivity index (χ0) is 12.4. The van der Waals surface area contributed by atoms with Crippen molar-refractivity contribution in [3.05, 3.63) is 12.2 Å². The van der Waals surface area contributed by atoms with Crippen molar-refractivity contribution < 1.29 is 19.1 Å². The van der Waals surface area contributed by atoms with E-state index in [9.17, 15) is 9.59 Å². The molecule has 0 aromatic heterocycles. The van der Waals surface area contributed by atoms with E-state index < -0.39 is 5.97 Å². The highest BCUT2D eigenvalue weighted by Gasteiger charge is 2.05.